The summed E-state index contributed by atoms with van der Waals surface area (Å²) >= 11 is 0. The molecule has 4 rings (SSSR count). The number of carbonyl (C=O) groups excluding carboxylic acids is 1. The first-order chi connectivity index (χ1) is 7.40. The number of fused-ring (bicyclic) bond motifs is 5. The number of nitrogens with zero attached hydrogens (tertiary/aromatic N) is 2. The number of aromatic nitrogens is 2. The smallest absolute Gasteiger partial charge is 0.168 e. The molecule has 4 atom stereocenters. The number of imidazole rings is 1. The lowest BCUT2D eigenvalue weighted by atomic mass is 10.0. The third-order valence-corrected chi connectivity index (χ3v) is 4.83. The van der Waals surface area contributed by atoms with Gasteiger partial charge in [-0.2, -0.15) is 0 Å². The second-order valence-electron chi connectivity index (χ2n) is 5.32. The number of hydrogen-bond acceptors (Lipinski definition) is 2. The fourth-order valence-corrected chi connectivity index (χ4v) is 4.31. The lowest BCUT2D eigenvalue weighted by molar-refractivity contribution is 0.111. The van der Waals surface area contributed by atoms with E-state index in [0.29, 0.717) is 6.04 Å². The molecule has 1 heterocycles. The van der Waals surface area contributed by atoms with Crippen molar-refractivity contribution < 1.29 is 4.79 Å². The Balaban J connectivity index is 1.69. The fraction of sp³-hybridized carbons (Fsp3) is 0.667. The van der Waals surface area contributed by atoms with Gasteiger partial charge in [-0.15, -0.1) is 0 Å². The van der Waals surface area contributed by atoms with Gasteiger partial charge in [0.1, 0.15) is 5.69 Å². The zero-order chi connectivity index (χ0) is 9.99. The Labute approximate surface area is 88.5 Å². The van der Waals surface area contributed by atoms with E-state index in [0.717, 1.165) is 35.7 Å². The summed E-state index contributed by atoms with van der Waals surface area (Å²) in [4.78, 5) is 14.9. The highest BCUT2D eigenvalue weighted by Crippen LogP contribution is 2.71. The van der Waals surface area contributed by atoms with Gasteiger partial charge in [-0.3, -0.25) is 4.79 Å². The van der Waals surface area contributed by atoms with E-state index in [4.69, 9.17) is 0 Å². The first-order valence-electron chi connectivity index (χ1n) is 5.87. The predicted octanol–water partition coefficient (Wildman–Crippen LogP) is 1.91. The van der Waals surface area contributed by atoms with Gasteiger partial charge in [-0.05, 0) is 42.9 Å². The van der Waals surface area contributed by atoms with Gasteiger partial charge in [-0.25, -0.2) is 4.98 Å². The van der Waals surface area contributed by atoms with Crippen LogP contribution < -0.4 is 0 Å². The summed E-state index contributed by atoms with van der Waals surface area (Å²) < 4.78 is 2.12. The number of aldehydes is 1. The molecule has 3 nitrogen and oxygen atoms in total. The standard InChI is InChI=1S/C12H14N2O/c15-5-9-4-13-6-14(9)12-10-7-1-2-8(3-7)11(10)12/h4-8,10-12H,1-3H2. The molecular weight excluding hydrogens is 188 g/mol. The second-order valence-corrected chi connectivity index (χ2v) is 5.32. The monoisotopic (exact) mass is 202 g/mol. The molecule has 0 N–H and O–H groups in total. The summed E-state index contributed by atoms with van der Waals surface area (Å²) in [5.74, 6) is 3.65. The van der Waals surface area contributed by atoms with E-state index >= 15 is 0 Å². The Morgan fingerprint density at radius 3 is 2.73 bits per heavy atom. The van der Waals surface area contributed by atoms with Crippen LogP contribution in [0.3, 0.4) is 0 Å². The summed E-state index contributed by atoms with van der Waals surface area (Å²) in [7, 11) is 0. The van der Waals surface area contributed by atoms with Crippen LogP contribution in [0.2, 0.25) is 0 Å². The van der Waals surface area contributed by atoms with E-state index in [9.17, 15) is 4.79 Å². The average molecular weight is 202 g/mol. The lowest BCUT2D eigenvalue weighted by Gasteiger charge is -2.10. The van der Waals surface area contributed by atoms with Crippen molar-refractivity contribution >= 4 is 6.29 Å². The van der Waals surface area contributed by atoms with Gasteiger partial charge >= 0.3 is 0 Å². The Hall–Kier alpha value is -1.12. The first kappa shape index (κ1) is 8.08. The lowest BCUT2D eigenvalue weighted by Crippen LogP contribution is -2.06. The topological polar surface area (TPSA) is 34.9 Å². The highest BCUT2D eigenvalue weighted by atomic mass is 16.1. The SMILES string of the molecule is O=Cc1cncn1C1C2C3CCC(C3)C21. The van der Waals surface area contributed by atoms with Crippen molar-refractivity contribution in [2.75, 3.05) is 0 Å². The van der Waals surface area contributed by atoms with Crippen molar-refractivity contribution in [1.29, 1.82) is 0 Å². The quantitative estimate of drug-likeness (QED) is 0.687. The van der Waals surface area contributed by atoms with E-state index in [2.05, 4.69) is 9.55 Å². The van der Waals surface area contributed by atoms with E-state index in [1.165, 1.54) is 19.3 Å². The van der Waals surface area contributed by atoms with Crippen LogP contribution in [-0.4, -0.2) is 15.8 Å². The van der Waals surface area contributed by atoms with Crippen molar-refractivity contribution in [2.45, 2.75) is 25.3 Å². The molecule has 0 saturated heterocycles. The maximum atomic E-state index is 10.9. The zero-order valence-corrected chi connectivity index (χ0v) is 8.54. The van der Waals surface area contributed by atoms with Gasteiger partial charge in [0.15, 0.2) is 6.29 Å². The minimum Gasteiger partial charge on any atom is -0.325 e. The largest absolute Gasteiger partial charge is 0.325 e. The molecule has 15 heavy (non-hydrogen) atoms. The van der Waals surface area contributed by atoms with Crippen molar-refractivity contribution in [3.05, 3.63) is 18.2 Å². The second kappa shape index (κ2) is 2.52. The summed E-state index contributed by atoms with van der Waals surface area (Å²) in [6.07, 6.45) is 8.76. The third kappa shape index (κ3) is 0.869. The van der Waals surface area contributed by atoms with Crippen LogP contribution >= 0.6 is 0 Å². The Morgan fingerprint density at radius 2 is 2.07 bits per heavy atom. The summed E-state index contributed by atoms with van der Waals surface area (Å²) in [6.45, 7) is 0. The molecule has 4 unspecified atom stereocenters. The minimum absolute atomic E-state index is 0.610. The molecule has 1 aromatic heterocycles. The van der Waals surface area contributed by atoms with Crippen LogP contribution in [0.15, 0.2) is 12.5 Å². The molecule has 3 aliphatic rings. The molecule has 78 valence electrons. The molecule has 0 aliphatic heterocycles. The van der Waals surface area contributed by atoms with E-state index in [-0.39, 0.29) is 0 Å². The van der Waals surface area contributed by atoms with Crippen molar-refractivity contribution in [2.24, 2.45) is 23.7 Å². The van der Waals surface area contributed by atoms with Gasteiger partial charge in [0.25, 0.3) is 0 Å². The van der Waals surface area contributed by atoms with Gasteiger partial charge in [-0.1, -0.05) is 0 Å². The van der Waals surface area contributed by atoms with Gasteiger partial charge in [0.05, 0.1) is 12.5 Å². The fourth-order valence-electron chi connectivity index (χ4n) is 4.31. The summed E-state index contributed by atoms with van der Waals surface area (Å²) in [5.41, 5.74) is 0.758. The Bertz CT molecular complexity index is 409. The molecular formula is C12H14N2O. The highest BCUT2D eigenvalue weighted by Gasteiger charge is 2.65. The zero-order valence-electron chi connectivity index (χ0n) is 8.54. The van der Waals surface area contributed by atoms with E-state index in [1.54, 1.807) is 6.20 Å². The molecule has 3 saturated carbocycles. The van der Waals surface area contributed by atoms with Gasteiger partial charge in [0, 0.05) is 6.04 Å². The number of rotatable bonds is 2. The summed E-state index contributed by atoms with van der Waals surface area (Å²) in [6, 6.07) is 0.610. The summed E-state index contributed by atoms with van der Waals surface area (Å²) in [5, 5.41) is 0. The molecule has 0 radical (unpaired) electrons. The molecule has 1 aromatic rings. The third-order valence-electron chi connectivity index (χ3n) is 4.83. The molecule has 2 bridgehead atoms. The molecule has 3 aliphatic carbocycles. The van der Waals surface area contributed by atoms with E-state index < -0.39 is 0 Å². The molecule has 3 heteroatoms. The Kier molecular flexibility index (Phi) is 1.36. The van der Waals surface area contributed by atoms with Gasteiger partial charge < -0.3 is 4.57 Å². The molecule has 0 spiro atoms. The number of carbonyl (C=O) groups is 1. The average Bonchev–Trinajstić information content (AvgIpc) is 2.72. The van der Waals surface area contributed by atoms with E-state index in [1.807, 2.05) is 6.33 Å². The maximum Gasteiger partial charge on any atom is 0.168 e. The minimum atomic E-state index is 0.610. The van der Waals surface area contributed by atoms with Crippen LogP contribution in [-0.2, 0) is 0 Å². The van der Waals surface area contributed by atoms with Crippen LogP contribution in [0.5, 0.6) is 0 Å². The first-order valence-corrected chi connectivity index (χ1v) is 5.87. The van der Waals surface area contributed by atoms with Crippen molar-refractivity contribution in [1.82, 2.24) is 9.55 Å². The van der Waals surface area contributed by atoms with Crippen molar-refractivity contribution in [3.8, 4) is 0 Å². The highest BCUT2D eigenvalue weighted by molar-refractivity contribution is 5.71. The molecule has 0 aromatic carbocycles. The van der Waals surface area contributed by atoms with Gasteiger partial charge in [0.2, 0.25) is 0 Å². The van der Waals surface area contributed by atoms with Crippen LogP contribution in [0.25, 0.3) is 0 Å². The Morgan fingerprint density at radius 1 is 1.33 bits per heavy atom. The maximum absolute atomic E-state index is 10.9. The number of hydrogen-bond donors (Lipinski definition) is 0. The predicted molar refractivity (Wildman–Crippen MR) is 54.5 cm³/mol. The molecule has 3 fully saturated rings. The van der Waals surface area contributed by atoms with Crippen LogP contribution in [0.4, 0.5) is 0 Å². The molecule has 0 amide bonds. The van der Waals surface area contributed by atoms with Crippen LogP contribution in [0, 0.1) is 23.7 Å². The normalized spacial score (nSPS) is 45.5. The van der Waals surface area contributed by atoms with Crippen molar-refractivity contribution in [3.63, 3.8) is 0 Å². The van der Waals surface area contributed by atoms with Crippen LogP contribution in [0.1, 0.15) is 35.8 Å².